The molecule has 1 saturated carbocycles. The maximum absolute atomic E-state index is 13.5. The summed E-state index contributed by atoms with van der Waals surface area (Å²) < 4.78 is 16.8. The van der Waals surface area contributed by atoms with E-state index in [1.54, 1.807) is 16.1 Å². The minimum absolute atomic E-state index is 0.0414. The van der Waals surface area contributed by atoms with Gasteiger partial charge in [0.05, 0.1) is 32.1 Å². The van der Waals surface area contributed by atoms with Crippen LogP contribution in [0.1, 0.15) is 57.1 Å². The van der Waals surface area contributed by atoms with Crippen molar-refractivity contribution in [2.24, 2.45) is 0 Å². The number of carbonyl (C=O) groups is 2. The molecule has 196 valence electrons. The Morgan fingerprint density at radius 2 is 1.86 bits per heavy atom. The van der Waals surface area contributed by atoms with Gasteiger partial charge in [0, 0.05) is 45.4 Å². The fourth-order valence-corrected chi connectivity index (χ4v) is 5.22. The third-order valence-corrected chi connectivity index (χ3v) is 7.28. The van der Waals surface area contributed by atoms with Gasteiger partial charge in [-0.1, -0.05) is 19.3 Å². The maximum atomic E-state index is 13.5. The highest BCUT2D eigenvalue weighted by Gasteiger charge is 2.27. The largest absolute Gasteiger partial charge is 0.467 e. The van der Waals surface area contributed by atoms with Crippen molar-refractivity contribution >= 4 is 11.9 Å². The number of amides is 3. The quantitative estimate of drug-likeness (QED) is 0.513. The normalized spacial score (nSPS) is 21.7. The second kappa shape index (κ2) is 13.8. The Morgan fingerprint density at radius 1 is 1.03 bits per heavy atom. The van der Waals surface area contributed by atoms with Crippen LogP contribution < -0.4 is 5.32 Å². The van der Waals surface area contributed by atoms with Gasteiger partial charge in [-0.05, 0) is 44.2 Å². The SMILES string of the molecule is O=C(CN(CCCN1CCOCC1)C(=O)NC1CCCCC1)N(Cc1ccco1)CC1CCCO1. The first kappa shape index (κ1) is 26.0. The Hall–Kier alpha value is -2.10. The molecule has 1 aromatic heterocycles. The van der Waals surface area contributed by atoms with Gasteiger partial charge >= 0.3 is 6.03 Å². The topological polar surface area (TPSA) is 87.5 Å². The first-order valence-electron chi connectivity index (χ1n) is 13.4. The number of carbonyl (C=O) groups excluding carboxylic acids is 2. The lowest BCUT2D eigenvalue weighted by molar-refractivity contribution is -0.134. The number of urea groups is 1. The van der Waals surface area contributed by atoms with Gasteiger partial charge in [-0.25, -0.2) is 4.79 Å². The van der Waals surface area contributed by atoms with E-state index in [0.29, 0.717) is 19.6 Å². The number of nitrogens with one attached hydrogen (secondary N) is 1. The van der Waals surface area contributed by atoms with Crippen molar-refractivity contribution in [3.63, 3.8) is 0 Å². The number of hydrogen-bond acceptors (Lipinski definition) is 6. The Bertz CT molecular complexity index is 756. The van der Waals surface area contributed by atoms with Gasteiger partial charge < -0.3 is 29.0 Å². The summed E-state index contributed by atoms with van der Waals surface area (Å²) in [6.07, 6.45) is 10.0. The molecule has 4 rings (SSSR count). The van der Waals surface area contributed by atoms with Crippen LogP contribution >= 0.6 is 0 Å². The molecule has 3 aliphatic rings. The summed E-state index contributed by atoms with van der Waals surface area (Å²) in [7, 11) is 0. The monoisotopic (exact) mass is 490 g/mol. The third-order valence-electron chi connectivity index (χ3n) is 7.28. The molecule has 0 bridgehead atoms. The summed E-state index contributed by atoms with van der Waals surface area (Å²) in [6.45, 7) is 6.53. The van der Waals surface area contributed by atoms with Gasteiger partial charge in [0.2, 0.25) is 5.91 Å². The summed E-state index contributed by atoms with van der Waals surface area (Å²) in [5, 5.41) is 3.21. The minimum atomic E-state index is -0.123. The maximum Gasteiger partial charge on any atom is 0.318 e. The molecule has 0 spiro atoms. The number of furan rings is 1. The highest BCUT2D eigenvalue weighted by Crippen LogP contribution is 2.18. The van der Waals surface area contributed by atoms with Gasteiger partial charge in [-0.15, -0.1) is 0 Å². The van der Waals surface area contributed by atoms with E-state index in [2.05, 4.69) is 10.2 Å². The highest BCUT2D eigenvalue weighted by molar-refractivity contribution is 5.84. The highest BCUT2D eigenvalue weighted by atomic mass is 16.5. The molecule has 2 saturated heterocycles. The van der Waals surface area contributed by atoms with Crippen LogP contribution in [-0.2, 0) is 20.8 Å². The van der Waals surface area contributed by atoms with Crippen LogP contribution in [0.5, 0.6) is 0 Å². The fourth-order valence-electron chi connectivity index (χ4n) is 5.22. The van der Waals surface area contributed by atoms with Crippen molar-refractivity contribution in [1.82, 2.24) is 20.0 Å². The first-order chi connectivity index (χ1) is 17.2. The lowest BCUT2D eigenvalue weighted by Gasteiger charge is -2.32. The zero-order chi connectivity index (χ0) is 24.3. The van der Waals surface area contributed by atoms with E-state index in [4.69, 9.17) is 13.9 Å². The molecule has 9 nitrogen and oxygen atoms in total. The molecule has 1 aromatic rings. The van der Waals surface area contributed by atoms with E-state index in [0.717, 1.165) is 90.2 Å². The Labute approximate surface area is 209 Å². The predicted octanol–water partition coefficient (Wildman–Crippen LogP) is 2.85. The first-order valence-corrected chi connectivity index (χ1v) is 13.4. The molecule has 2 aliphatic heterocycles. The van der Waals surface area contributed by atoms with Crippen molar-refractivity contribution in [3.05, 3.63) is 24.2 Å². The van der Waals surface area contributed by atoms with Crippen LogP contribution in [-0.4, -0.2) is 97.9 Å². The van der Waals surface area contributed by atoms with E-state index in [9.17, 15) is 9.59 Å². The molecular weight excluding hydrogens is 448 g/mol. The van der Waals surface area contributed by atoms with E-state index in [1.807, 2.05) is 12.1 Å². The third kappa shape index (κ3) is 8.51. The van der Waals surface area contributed by atoms with Crippen LogP contribution in [0.25, 0.3) is 0 Å². The van der Waals surface area contributed by atoms with Crippen molar-refractivity contribution in [2.75, 3.05) is 59.1 Å². The minimum Gasteiger partial charge on any atom is -0.467 e. The lowest BCUT2D eigenvalue weighted by Crippen LogP contribution is -2.51. The molecule has 0 aromatic carbocycles. The van der Waals surface area contributed by atoms with Gasteiger partial charge in [0.25, 0.3) is 0 Å². The van der Waals surface area contributed by atoms with Crippen LogP contribution in [0.4, 0.5) is 4.79 Å². The van der Waals surface area contributed by atoms with Gasteiger partial charge in [-0.2, -0.15) is 0 Å². The summed E-state index contributed by atoms with van der Waals surface area (Å²) in [4.78, 5) is 32.7. The molecule has 1 N–H and O–H groups in total. The molecule has 3 heterocycles. The van der Waals surface area contributed by atoms with Gasteiger partial charge in [0.1, 0.15) is 12.3 Å². The molecule has 1 unspecified atom stereocenters. The Balaban J connectivity index is 1.37. The molecule has 3 fully saturated rings. The summed E-state index contributed by atoms with van der Waals surface area (Å²) >= 11 is 0. The molecule has 35 heavy (non-hydrogen) atoms. The smallest absolute Gasteiger partial charge is 0.318 e. The van der Waals surface area contributed by atoms with Crippen molar-refractivity contribution in [2.45, 2.75) is 70.1 Å². The van der Waals surface area contributed by atoms with Crippen molar-refractivity contribution < 1.29 is 23.5 Å². The molecule has 1 aliphatic carbocycles. The van der Waals surface area contributed by atoms with Gasteiger partial charge in [0.15, 0.2) is 0 Å². The number of morpholine rings is 1. The summed E-state index contributed by atoms with van der Waals surface area (Å²) in [5.41, 5.74) is 0. The summed E-state index contributed by atoms with van der Waals surface area (Å²) in [5.74, 6) is 0.670. The zero-order valence-corrected chi connectivity index (χ0v) is 21.0. The van der Waals surface area contributed by atoms with Crippen molar-refractivity contribution in [3.8, 4) is 0 Å². The average molecular weight is 491 g/mol. The van der Waals surface area contributed by atoms with E-state index in [1.165, 1.54) is 6.42 Å². The molecule has 9 heteroatoms. The Kier molecular flexibility index (Phi) is 10.3. The number of nitrogens with zero attached hydrogens (tertiary/aromatic N) is 3. The molecule has 0 radical (unpaired) electrons. The number of hydrogen-bond donors (Lipinski definition) is 1. The zero-order valence-electron chi connectivity index (χ0n) is 21.0. The molecule has 3 amide bonds. The molecule has 1 atom stereocenters. The van der Waals surface area contributed by atoms with Gasteiger partial charge in [-0.3, -0.25) is 9.69 Å². The van der Waals surface area contributed by atoms with Crippen LogP contribution in [0, 0.1) is 0 Å². The van der Waals surface area contributed by atoms with Crippen LogP contribution in [0.15, 0.2) is 22.8 Å². The number of ether oxygens (including phenoxy) is 2. The van der Waals surface area contributed by atoms with Crippen LogP contribution in [0.2, 0.25) is 0 Å². The predicted molar refractivity (Wildman–Crippen MR) is 132 cm³/mol. The van der Waals surface area contributed by atoms with E-state index < -0.39 is 0 Å². The Morgan fingerprint density at radius 3 is 2.57 bits per heavy atom. The van der Waals surface area contributed by atoms with E-state index in [-0.39, 0.29) is 30.6 Å². The fraction of sp³-hybridized carbons (Fsp3) is 0.769. The van der Waals surface area contributed by atoms with Crippen molar-refractivity contribution in [1.29, 1.82) is 0 Å². The van der Waals surface area contributed by atoms with E-state index >= 15 is 0 Å². The average Bonchev–Trinajstić information content (AvgIpc) is 3.59. The summed E-state index contributed by atoms with van der Waals surface area (Å²) in [6, 6.07) is 3.80. The molecular formula is C26H42N4O5. The van der Waals surface area contributed by atoms with Crippen LogP contribution in [0.3, 0.4) is 0 Å². The second-order valence-corrected chi connectivity index (χ2v) is 10.0. The lowest BCUT2D eigenvalue weighted by atomic mass is 9.96. The second-order valence-electron chi connectivity index (χ2n) is 10.0. The number of rotatable bonds is 11. The standard InChI is InChI=1S/C26H42N4O5/c31-25(30(19-23-9-4-15-34-23)20-24-10-5-16-35-24)21-29(12-6-11-28-13-17-33-18-14-28)26(32)27-22-7-2-1-3-8-22/h4,9,15,22,24H,1-3,5-8,10-14,16-21H2,(H,27,32).